The third kappa shape index (κ3) is 6.80. The second kappa shape index (κ2) is 8.92. The standard InChI is InChI=1S/C14H17F3N4O3S/c1-23-5-4-21(7-11(22)18-9-14(15,16)17)8-12-19-20-13(24-12)10-3-2-6-25-10/h2-3,6H,4-5,7-9H2,1H3,(H,18,22)/p+1. The summed E-state index contributed by atoms with van der Waals surface area (Å²) in [6.45, 7) is -0.551. The highest BCUT2D eigenvalue weighted by atomic mass is 32.1. The Labute approximate surface area is 145 Å². The number of carbonyl (C=O) groups is 1. The SMILES string of the molecule is COCC[NH+](CC(=O)NCC(F)(F)F)Cc1nnc(-c2cccs2)o1. The Kier molecular flexibility index (Phi) is 6.91. The monoisotopic (exact) mass is 379 g/mol. The Hall–Kier alpha value is -1.98. The van der Waals surface area contributed by atoms with Gasteiger partial charge in [0.15, 0.2) is 13.1 Å². The highest BCUT2D eigenvalue weighted by Crippen LogP contribution is 2.22. The van der Waals surface area contributed by atoms with E-state index in [1.807, 2.05) is 22.8 Å². The van der Waals surface area contributed by atoms with Crippen molar-refractivity contribution in [2.75, 3.05) is 33.4 Å². The van der Waals surface area contributed by atoms with Gasteiger partial charge in [0.1, 0.15) is 13.1 Å². The van der Waals surface area contributed by atoms with E-state index in [0.717, 1.165) is 4.88 Å². The molecule has 0 bridgehead atoms. The summed E-state index contributed by atoms with van der Waals surface area (Å²) in [7, 11) is 1.50. The molecule has 138 valence electrons. The summed E-state index contributed by atoms with van der Waals surface area (Å²) in [4.78, 5) is 13.2. The fraction of sp³-hybridized carbons (Fsp3) is 0.500. The molecule has 0 aliphatic rings. The minimum atomic E-state index is -4.44. The molecule has 1 atom stereocenters. The Morgan fingerprint density at radius 1 is 1.44 bits per heavy atom. The molecule has 2 aromatic rings. The number of methoxy groups -OCH3 is 1. The number of nitrogens with one attached hydrogen (secondary N) is 2. The number of hydrogen-bond donors (Lipinski definition) is 2. The van der Waals surface area contributed by atoms with Gasteiger partial charge in [-0.2, -0.15) is 13.2 Å². The van der Waals surface area contributed by atoms with Crippen LogP contribution in [0, 0.1) is 0 Å². The molecular weight excluding hydrogens is 361 g/mol. The Morgan fingerprint density at radius 3 is 2.88 bits per heavy atom. The number of alkyl halides is 3. The minimum absolute atomic E-state index is 0.157. The molecule has 2 heterocycles. The van der Waals surface area contributed by atoms with Crippen molar-refractivity contribution in [3.8, 4) is 10.8 Å². The predicted molar refractivity (Wildman–Crippen MR) is 83.0 cm³/mol. The molecule has 2 rings (SSSR count). The topological polar surface area (TPSA) is 81.7 Å². The molecule has 0 aliphatic heterocycles. The number of carbonyl (C=O) groups excluding carboxylic acids is 1. The van der Waals surface area contributed by atoms with Crippen molar-refractivity contribution in [1.82, 2.24) is 15.5 Å². The lowest BCUT2D eigenvalue weighted by Gasteiger charge is -2.17. The fourth-order valence-corrected chi connectivity index (χ4v) is 2.66. The number of halogens is 3. The van der Waals surface area contributed by atoms with Crippen molar-refractivity contribution < 1.29 is 32.0 Å². The molecule has 0 saturated carbocycles. The third-order valence-corrected chi connectivity index (χ3v) is 4.01. The van der Waals surface area contributed by atoms with Gasteiger partial charge < -0.3 is 19.4 Å². The van der Waals surface area contributed by atoms with Crippen molar-refractivity contribution in [2.24, 2.45) is 0 Å². The summed E-state index contributed by atoms with van der Waals surface area (Å²) in [5, 5.41) is 11.6. The van der Waals surface area contributed by atoms with Crippen LogP contribution >= 0.6 is 11.3 Å². The normalized spacial score (nSPS) is 13.0. The second-order valence-corrected chi connectivity index (χ2v) is 6.16. The first-order valence-corrected chi connectivity index (χ1v) is 8.27. The van der Waals surface area contributed by atoms with Crippen LogP contribution in [0.5, 0.6) is 0 Å². The zero-order valence-electron chi connectivity index (χ0n) is 13.4. The average molecular weight is 379 g/mol. The number of amides is 1. The van der Waals surface area contributed by atoms with Crippen molar-refractivity contribution >= 4 is 17.2 Å². The van der Waals surface area contributed by atoms with Gasteiger partial charge in [0.2, 0.25) is 0 Å². The molecule has 1 amide bonds. The molecule has 1 unspecified atom stereocenters. The van der Waals surface area contributed by atoms with Crippen LogP contribution in [0.25, 0.3) is 10.8 Å². The van der Waals surface area contributed by atoms with Crippen molar-refractivity contribution in [1.29, 1.82) is 0 Å². The molecule has 0 aliphatic carbocycles. The van der Waals surface area contributed by atoms with Gasteiger partial charge in [0, 0.05) is 7.11 Å². The van der Waals surface area contributed by atoms with Crippen LogP contribution in [0.1, 0.15) is 5.89 Å². The van der Waals surface area contributed by atoms with Crippen molar-refractivity contribution in [2.45, 2.75) is 12.7 Å². The largest absolute Gasteiger partial charge is 0.414 e. The van der Waals surface area contributed by atoms with Crippen LogP contribution in [-0.2, 0) is 16.1 Å². The number of hydrogen-bond acceptors (Lipinski definition) is 6. The Balaban J connectivity index is 1.94. The first-order chi connectivity index (χ1) is 11.9. The smallest absolute Gasteiger partial charge is 0.405 e. The molecular formula is C14H18F3N4O3S+. The lowest BCUT2D eigenvalue weighted by molar-refractivity contribution is -0.907. The summed E-state index contributed by atoms with van der Waals surface area (Å²) in [5.41, 5.74) is 0. The molecule has 0 spiro atoms. The number of rotatable bonds is 9. The van der Waals surface area contributed by atoms with Crippen LogP contribution in [-0.4, -0.2) is 55.6 Å². The fourth-order valence-electron chi connectivity index (χ4n) is 2.01. The lowest BCUT2D eigenvalue weighted by atomic mass is 10.4. The summed E-state index contributed by atoms with van der Waals surface area (Å²) < 4.78 is 47.0. The van der Waals surface area contributed by atoms with E-state index in [0.29, 0.717) is 29.8 Å². The predicted octanol–water partition coefficient (Wildman–Crippen LogP) is 0.508. The van der Waals surface area contributed by atoms with E-state index in [9.17, 15) is 18.0 Å². The van der Waals surface area contributed by atoms with Crippen molar-refractivity contribution in [3.63, 3.8) is 0 Å². The van der Waals surface area contributed by atoms with Crippen LogP contribution in [0.2, 0.25) is 0 Å². The number of thiophene rings is 1. The summed E-state index contributed by atoms with van der Waals surface area (Å²) >= 11 is 1.45. The van der Waals surface area contributed by atoms with Gasteiger partial charge in [-0.25, -0.2) is 0 Å². The third-order valence-electron chi connectivity index (χ3n) is 3.16. The average Bonchev–Trinajstić information content (AvgIpc) is 3.21. The number of aromatic nitrogens is 2. The second-order valence-electron chi connectivity index (χ2n) is 5.22. The molecule has 0 radical (unpaired) electrons. The number of nitrogens with zero attached hydrogens (tertiary/aromatic N) is 2. The Bertz CT molecular complexity index is 661. The van der Waals surface area contributed by atoms with Gasteiger partial charge >= 0.3 is 6.18 Å². The zero-order chi connectivity index (χ0) is 18.3. The van der Waals surface area contributed by atoms with E-state index in [4.69, 9.17) is 9.15 Å². The molecule has 0 aromatic carbocycles. The minimum Gasteiger partial charge on any atom is -0.414 e. The molecule has 2 aromatic heterocycles. The van der Waals surface area contributed by atoms with E-state index >= 15 is 0 Å². The van der Waals surface area contributed by atoms with Gasteiger partial charge in [0.25, 0.3) is 17.7 Å². The molecule has 2 N–H and O–H groups in total. The van der Waals surface area contributed by atoms with E-state index in [-0.39, 0.29) is 13.1 Å². The van der Waals surface area contributed by atoms with E-state index in [2.05, 4.69) is 10.2 Å². The van der Waals surface area contributed by atoms with Crippen LogP contribution < -0.4 is 10.2 Å². The molecule has 7 nitrogen and oxygen atoms in total. The van der Waals surface area contributed by atoms with E-state index < -0.39 is 18.6 Å². The summed E-state index contributed by atoms with van der Waals surface area (Å²) in [5.74, 6) is -0.0304. The molecule has 11 heteroatoms. The first-order valence-electron chi connectivity index (χ1n) is 7.39. The van der Waals surface area contributed by atoms with Gasteiger partial charge in [-0.3, -0.25) is 4.79 Å². The van der Waals surface area contributed by atoms with Crippen LogP contribution in [0.4, 0.5) is 13.2 Å². The maximum absolute atomic E-state index is 12.2. The number of quaternary nitrogens is 1. The quantitative estimate of drug-likeness (QED) is 0.664. The van der Waals surface area contributed by atoms with E-state index in [1.165, 1.54) is 18.4 Å². The lowest BCUT2D eigenvalue weighted by Crippen LogP contribution is -3.12. The Morgan fingerprint density at radius 2 is 2.24 bits per heavy atom. The molecule has 0 saturated heterocycles. The first kappa shape index (κ1) is 19.3. The van der Waals surface area contributed by atoms with Gasteiger partial charge in [-0.05, 0) is 11.4 Å². The summed E-state index contributed by atoms with van der Waals surface area (Å²) in [6.07, 6.45) is -4.44. The van der Waals surface area contributed by atoms with Gasteiger partial charge in [-0.15, -0.1) is 21.5 Å². The molecule has 0 fully saturated rings. The highest BCUT2D eigenvalue weighted by Gasteiger charge is 2.28. The maximum Gasteiger partial charge on any atom is 0.405 e. The maximum atomic E-state index is 12.2. The number of ether oxygens (including phenoxy) is 1. The summed E-state index contributed by atoms with van der Waals surface area (Å²) in [6, 6.07) is 3.69. The van der Waals surface area contributed by atoms with Gasteiger partial charge in [-0.1, -0.05) is 6.07 Å². The van der Waals surface area contributed by atoms with Crippen LogP contribution in [0.3, 0.4) is 0 Å². The van der Waals surface area contributed by atoms with Crippen LogP contribution in [0.15, 0.2) is 21.9 Å². The highest BCUT2D eigenvalue weighted by molar-refractivity contribution is 7.13. The van der Waals surface area contributed by atoms with E-state index in [1.54, 1.807) is 0 Å². The molecule has 25 heavy (non-hydrogen) atoms. The zero-order valence-corrected chi connectivity index (χ0v) is 14.2. The van der Waals surface area contributed by atoms with Gasteiger partial charge in [0.05, 0.1) is 11.5 Å². The van der Waals surface area contributed by atoms with Crippen molar-refractivity contribution in [3.05, 3.63) is 23.4 Å².